The second-order valence-electron chi connectivity index (χ2n) is 10.1. The lowest BCUT2D eigenvalue weighted by Gasteiger charge is -2.61. The van der Waals surface area contributed by atoms with Gasteiger partial charge in [0.1, 0.15) is 6.29 Å². The zero-order chi connectivity index (χ0) is 17.9. The molecule has 3 nitrogen and oxygen atoms in total. The smallest absolute Gasteiger partial charge is 0.123 e. The minimum absolute atomic E-state index is 0.0858. The summed E-state index contributed by atoms with van der Waals surface area (Å²) in [5.74, 6) is 2.77. The van der Waals surface area contributed by atoms with E-state index >= 15 is 0 Å². The van der Waals surface area contributed by atoms with Gasteiger partial charge in [0.15, 0.2) is 0 Å². The van der Waals surface area contributed by atoms with Gasteiger partial charge in [0.2, 0.25) is 0 Å². The molecule has 0 aromatic rings. The number of rotatable bonds is 1. The predicted octanol–water partition coefficient (Wildman–Crippen LogP) is 4.41. The molecule has 5 fully saturated rings. The van der Waals surface area contributed by atoms with Crippen molar-refractivity contribution >= 4 is 6.29 Å². The van der Waals surface area contributed by atoms with Gasteiger partial charge in [-0.2, -0.15) is 0 Å². The van der Waals surface area contributed by atoms with E-state index < -0.39 is 0 Å². The third kappa shape index (κ3) is 2.16. The van der Waals surface area contributed by atoms with Crippen LogP contribution in [0, 0.1) is 40.4 Å². The van der Waals surface area contributed by atoms with Crippen molar-refractivity contribution in [1.82, 2.24) is 0 Å². The highest BCUT2D eigenvalue weighted by molar-refractivity contribution is 5.56. The molecule has 1 unspecified atom stereocenters. The quantitative estimate of drug-likeness (QED) is 0.515. The molecule has 0 bridgehead atoms. The van der Waals surface area contributed by atoms with E-state index in [1.807, 2.05) is 0 Å². The molecule has 5 aliphatic rings. The molecule has 1 heterocycles. The first-order valence-corrected chi connectivity index (χ1v) is 10.9. The van der Waals surface area contributed by atoms with Crippen LogP contribution in [0.3, 0.4) is 0 Å². The molecule has 0 amide bonds. The summed E-state index contributed by atoms with van der Waals surface area (Å²) in [6, 6.07) is 0. The van der Waals surface area contributed by atoms with E-state index in [4.69, 9.17) is 9.47 Å². The maximum Gasteiger partial charge on any atom is 0.123 e. The van der Waals surface area contributed by atoms with Gasteiger partial charge in [-0.05, 0) is 80.5 Å². The highest BCUT2D eigenvalue weighted by Crippen LogP contribution is 2.68. The Bertz CT molecular complexity index is 600. The largest absolute Gasteiger partial charge is 0.378 e. The van der Waals surface area contributed by atoms with Gasteiger partial charge in [0, 0.05) is 11.3 Å². The molecule has 0 N–H and O–H groups in total. The lowest BCUT2D eigenvalue weighted by atomic mass is 9.43. The van der Waals surface area contributed by atoms with E-state index in [0.29, 0.717) is 36.4 Å². The molecule has 1 spiro atoms. The van der Waals surface area contributed by atoms with Crippen LogP contribution >= 0.6 is 0 Å². The number of hydrogen-bond acceptors (Lipinski definition) is 3. The van der Waals surface area contributed by atoms with Gasteiger partial charge in [-0.15, -0.1) is 0 Å². The Morgan fingerprint density at radius 3 is 2.92 bits per heavy atom. The number of allylic oxidation sites excluding steroid dienone is 1. The lowest BCUT2D eigenvalue weighted by molar-refractivity contribution is -0.137. The van der Waals surface area contributed by atoms with E-state index in [9.17, 15) is 4.79 Å². The highest BCUT2D eigenvalue weighted by Gasteiger charge is 2.65. The van der Waals surface area contributed by atoms with Crippen LogP contribution in [0.25, 0.3) is 0 Å². The Kier molecular flexibility index (Phi) is 4.14. The number of carbonyl (C=O) groups is 1. The summed E-state index contributed by atoms with van der Waals surface area (Å²) in [7, 11) is 0. The summed E-state index contributed by atoms with van der Waals surface area (Å²) in [5.41, 5.74) is 1.88. The van der Waals surface area contributed by atoms with Crippen molar-refractivity contribution in [3.8, 4) is 0 Å². The first-order valence-electron chi connectivity index (χ1n) is 10.9. The van der Waals surface area contributed by atoms with Crippen molar-refractivity contribution in [2.45, 2.75) is 64.4 Å². The Morgan fingerprint density at radius 2 is 2.08 bits per heavy atom. The molecular formula is C23H34O3. The molecule has 3 heteroatoms. The first kappa shape index (κ1) is 17.4. The molecule has 4 aliphatic carbocycles. The third-order valence-electron chi connectivity index (χ3n) is 9.50. The topological polar surface area (TPSA) is 35.5 Å². The first-order chi connectivity index (χ1) is 12.6. The molecule has 0 aromatic heterocycles. The van der Waals surface area contributed by atoms with Gasteiger partial charge in [-0.1, -0.05) is 19.1 Å². The normalized spacial score (nSPS) is 53.7. The van der Waals surface area contributed by atoms with Crippen molar-refractivity contribution in [3.05, 3.63) is 12.2 Å². The van der Waals surface area contributed by atoms with Crippen LogP contribution in [-0.2, 0) is 14.3 Å². The van der Waals surface area contributed by atoms with Gasteiger partial charge in [0.25, 0.3) is 0 Å². The maximum absolute atomic E-state index is 12.1. The Hall–Kier alpha value is -0.670. The zero-order valence-corrected chi connectivity index (χ0v) is 16.3. The Morgan fingerprint density at radius 1 is 1.19 bits per heavy atom. The second kappa shape index (κ2) is 6.17. The average molecular weight is 359 g/mol. The number of carbonyl (C=O) groups excluding carboxylic acids is 1. The van der Waals surface area contributed by atoms with Crippen LogP contribution < -0.4 is 0 Å². The average Bonchev–Trinajstić information content (AvgIpc) is 2.84. The van der Waals surface area contributed by atoms with Crippen LogP contribution in [0.2, 0.25) is 0 Å². The highest BCUT2D eigenvalue weighted by atomic mass is 16.5. The molecule has 1 aliphatic heterocycles. The number of ether oxygens (including phenoxy) is 2. The molecule has 4 saturated carbocycles. The van der Waals surface area contributed by atoms with Crippen LogP contribution in [0.4, 0.5) is 0 Å². The molecule has 5 rings (SSSR count). The molecular weight excluding hydrogens is 324 g/mol. The third-order valence-corrected chi connectivity index (χ3v) is 9.50. The van der Waals surface area contributed by atoms with E-state index in [-0.39, 0.29) is 17.4 Å². The lowest BCUT2D eigenvalue weighted by Crippen LogP contribution is -2.56. The summed E-state index contributed by atoms with van der Waals surface area (Å²) in [6.07, 6.45) is 11.4. The van der Waals surface area contributed by atoms with E-state index in [0.717, 1.165) is 18.9 Å². The Balaban J connectivity index is 1.54. The Labute approximate surface area is 157 Å². The summed E-state index contributed by atoms with van der Waals surface area (Å²) in [5, 5.41) is 0. The summed E-state index contributed by atoms with van der Waals surface area (Å²) >= 11 is 0. The van der Waals surface area contributed by atoms with Crippen molar-refractivity contribution in [1.29, 1.82) is 0 Å². The monoisotopic (exact) mass is 358 g/mol. The van der Waals surface area contributed by atoms with E-state index in [1.165, 1.54) is 56.8 Å². The van der Waals surface area contributed by atoms with E-state index in [2.05, 4.69) is 13.5 Å². The van der Waals surface area contributed by atoms with Crippen LogP contribution in [0.15, 0.2) is 12.2 Å². The molecule has 8 atom stereocenters. The van der Waals surface area contributed by atoms with Crippen molar-refractivity contribution in [2.24, 2.45) is 40.4 Å². The molecule has 0 aromatic carbocycles. The zero-order valence-electron chi connectivity index (χ0n) is 16.3. The summed E-state index contributed by atoms with van der Waals surface area (Å²) in [6.45, 7) is 9.29. The van der Waals surface area contributed by atoms with Crippen molar-refractivity contribution < 1.29 is 14.3 Å². The summed E-state index contributed by atoms with van der Waals surface area (Å²) in [4.78, 5) is 12.1. The fraction of sp³-hybridized carbons (Fsp3) is 0.870. The SMILES string of the molecule is C=C1CCC[C@@H]2CC[C@H]3[C@@H]4[C@@H](C=O)CC5OCCOC[C@@]54CC[C@@H]3[C@@]12C. The van der Waals surface area contributed by atoms with Crippen molar-refractivity contribution in [2.75, 3.05) is 19.8 Å². The van der Waals surface area contributed by atoms with Crippen LogP contribution in [0.5, 0.6) is 0 Å². The standard InChI is InChI=1S/C23H34O3/c1-15-4-3-5-17-6-7-18-19(22(15,17)2)8-9-23-14-25-10-11-26-20(23)12-16(13-24)21(18)23/h13,16-21H,1,3-12,14H2,2H3/t16-,17-,18-,19+,20?,21+,22+,23+/m1/s1. The van der Waals surface area contributed by atoms with Gasteiger partial charge >= 0.3 is 0 Å². The van der Waals surface area contributed by atoms with Crippen LogP contribution in [0.1, 0.15) is 58.3 Å². The molecule has 0 radical (unpaired) electrons. The fourth-order valence-corrected chi connectivity index (χ4v) is 8.32. The predicted molar refractivity (Wildman–Crippen MR) is 101 cm³/mol. The van der Waals surface area contributed by atoms with E-state index in [1.54, 1.807) is 0 Å². The van der Waals surface area contributed by atoms with Gasteiger partial charge in [-0.3, -0.25) is 0 Å². The maximum atomic E-state index is 12.1. The number of aldehydes is 1. The van der Waals surface area contributed by atoms with Gasteiger partial charge in [-0.25, -0.2) is 0 Å². The van der Waals surface area contributed by atoms with Crippen molar-refractivity contribution in [3.63, 3.8) is 0 Å². The molecule has 1 saturated heterocycles. The van der Waals surface area contributed by atoms with Gasteiger partial charge < -0.3 is 14.3 Å². The minimum Gasteiger partial charge on any atom is -0.378 e. The molecule has 26 heavy (non-hydrogen) atoms. The number of fused-ring (bicyclic) bond motifs is 4. The number of hydrogen-bond donors (Lipinski definition) is 0. The molecule has 144 valence electrons. The minimum atomic E-state index is 0.0858. The van der Waals surface area contributed by atoms with Gasteiger partial charge in [0.05, 0.1) is 25.9 Å². The summed E-state index contributed by atoms with van der Waals surface area (Å²) < 4.78 is 12.3. The fourth-order valence-electron chi connectivity index (χ4n) is 8.32. The van der Waals surface area contributed by atoms with Crippen LogP contribution in [-0.4, -0.2) is 32.2 Å². The second-order valence-corrected chi connectivity index (χ2v) is 10.1.